The normalized spacial score (nSPS) is 10.4. The fraction of sp³-hybridized carbons (Fsp3) is 0.533. The molecule has 1 aromatic carbocycles. The Hall–Kier alpha value is -1.75. The average molecular weight is 280 g/mol. The summed E-state index contributed by atoms with van der Waals surface area (Å²) in [6.45, 7) is 5.89. The number of nitrogens with two attached hydrogens (primary N) is 1. The van der Waals surface area contributed by atoms with Crippen molar-refractivity contribution in [3.63, 3.8) is 0 Å². The van der Waals surface area contributed by atoms with Crippen LogP contribution in [0.25, 0.3) is 0 Å². The molecule has 112 valence electrons. The van der Waals surface area contributed by atoms with Gasteiger partial charge in [-0.15, -0.1) is 0 Å². The van der Waals surface area contributed by atoms with Gasteiger partial charge in [-0.05, 0) is 37.1 Å². The van der Waals surface area contributed by atoms with E-state index in [2.05, 4.69) is 19.2 Å². The molecule has 0 saturated carbocycles. The van der Waals surface area contributed by atoms with Crippen LogP contribution in [0.15, 0.2) is 18.2 Å². The van der Waals surface area contributed by atoms with Gasteiger partial charge in [0.05, 0.1) is 13.7 Å². The van der Waals surface area contributed by atoms with Crippen molar-refractivity contribution in [1.29, 1.82) is 0 Å². The van der Waals surface area contributed by atoms with Crippen LogP contribution in [-0.2, 0) is 0 Å². The van der Waals surface area contributed by atoms with Gasteiger partial charge in [0.25, 0.3) is 5.91 Å². The van der Waals surface area contributed by atoms with Gasteiger partial charge in [-0.1, -0.05) is 13.8 Å². The molecule has 0 saturated heterocycles. The molecule has 1 amide bonds. The standard InChI is InChI=1S/C15H24N2O3/c1-11(2)10-20-13-6-5-12(9-14(13)19-3)15(18)17-8-4-7-16/h5-6,9,11H,4,7-8,10,16H2,1-3H3,(H,17,18). The molecule has 0 aliphatic carbocycles. The lowest BCUT2D eigenvalue weighted by Crippen LogP contribution is -2.25. The largest absolute Gasteiger partial charge is 0.493 e. The molecule has 0 spiro atoms. The molecular formula is C15H24N2O3. The van der Waals surface area contributed by atoms with Gasteiger partial charge in [0, 0.05) is 12.1 Å². The van der Waals surface area contributed by atoms with Crippen molar-refractivity contribution in [2.45, 2.75) is 20.3 Å². The quantitative estimate of drug-likeness (QED) is 0.712. The van der Waals surface area contributed by atoms with E-state index in [9.17, 15) is 4.79 Å². The van der Waals surface area contributed by atoms with E-state index in [0.717, 1.165) is 6.42 Å². The minimum absolute atomic E-state index is 0.132. The Kier molecular flexibility index (Phi) is 6.87. The third-order valence-corrected chi connectivity index (χ3v) is 2.66. The summed E-state index contributed by atoms with van der Waals surface area (Å²) in [5.74, 6) is 1.52. The first-order chi connectivity index (χ1) is 9.58. The number of benzene rings is 1. The van der Waals surface area contributed by atoms with Gasteiger partial charge in [-0.25, -0.2) is 0 Å². The summed E-state index contributed by atoms with van der Waals surface area (Å²) in [7, 11) is 1.56. The van der Waals surface area contributed by atoms with Crippen LogP contribution < -0.4 is 20.5 Å². The third-order valence-electron chi connectivity index (χ3n) is 2.66. The number of hydrogen-bond acceptors (Lipinski definition) is 4. The molecule has 5 nitrogen and oxygen atoms in total. The van der Waals surface area contributed by atoms with Gasteiger partial charge < -0.3 is 20.5 Å². The zero-order chi connectivity index (χ0) is 15.0. The first kappa shape index (κ1) is 16.3. The smallest absolute Gasteiger partial charge is 0.251 e. The van der Waals surface area contributed by atoms with Crippen molar-refractivity contribution >= 4 is 5.91 Å². The van der Waals surface area contributed by atoms with Gasteiger partial charge in [-0.2, -0.15) is 0 Å². The summed E-state index contributed by atoms with van der Waals surface area (Å²) in [5, 5.41) is 2.81. The molecule has 0 aliphatic rings. The Morgan fingerprint density at radius 1 is 1.35 bits per heavy atom. The summed E-state index contributed by atoms with van der Waals surface area (Å²) in [4.78, 5) is 11.9. The number of nitrogens with one attached hydrogen (secondary N) is 1. The third kappa shape index (κ3) is 5.09. The Morgan fingerprint density at radius 2 is 2.10 bits per heavy atom. The van der Waals surface area contributed by atoms with Crippen molar-refractivity contribution in [3.8, 4) is 11.5 Å². The summed E-state index contributed by atoms with van der Waals surface area (Å²) in [6.07, 6.45) is 0.762. The number of carbonyl (C=O) groups is 1. The van der Waals surface area contributed by atoms with Gasteiger partial charge in [-0.3, -0.25) is 4.79 Å². The molecule has 0 aliphatic heterocycles. The highest BCUT2D eigenvalue weighted by atomic mass is 16.5. The first-order valence-corrected chi connectivity index (χ1v) is 6.87. The SMILES string of the molecule is COc1cc(C(=O)NCCCN)ccc1OCC(C)C. The predicted molar refractivity (Wildman–Crippen MR) is 79.3 cm³/mol. The maximum Gasteiger partial charge on any atom is 0.251 e. The fourth-order valence-electron chi connectivity index (χ4n) is 1.59. The molecule has 0 heterocycles. The summed E-state index contributed by atoms with van der Waals surface area (Å²) >= 11 is 0. The highest BCUT2D eigenvalue weighted by Gasteiger charge is 2.11. The topological polar surface area (TPSA) is 73.6 Å². The Morgan fingerprint density at radius 3 is 2.70 bits per heavy atom. The molecule has 0 bridgehead atoms. The minimum atomic E-state index is -0.132. The van der Waals surface area contributed by atoms with Crippen molar-refractivity contribution in [3.05, 3.63) is 23.8 Å². The number of amides is 1. The molecule has 20 heavy (non-hydrogen) atoms. The maximum absolute atomic E-state index is 11.9. The Balaban J connectivity index is 2.73. The lowest BCUT2D eigenvalue weighted by Gasteiger charge is -2.13. The summed E-state index contributed by atoms with van der Waals surface area (Å²) in [5.41, 5.74) is 5.94. The second-order valence-corrected chi connectivity index (χ2v) is 4.97. The van der Waals surface area contributed by atoms with E-state index in [4.69, 9.17) is 15.2 Å². The highest BCUT2D eigenvalue weighted by molar-refractivity contribution is 5.94. The molecule has 3 N–H and O–H groups in total. The van der Waals surface area contributed by atoms with Crippen LogP contribution in [0.1, 0.15) is 30.6 Å². The zero-order valence-corrected chi connectivity index (χ0v) is 12.4. The lowest BCUT2D eigenvalue weighted by atomic mass is 10.2. The first-order valence-electron chi connectivity index (χ1n) is 6.87. The van der Waals surface area contributed by atoms with Crippen molar-refractivity contribution in [2.24, 2.45) is 11.7 Å². The van der Waals surface area contributed by atoms with Gasteiger partial charge in [0.1, 0.15) is 0 Å². The Bertz CT molecular complexity index is 433. The highest BCUT2D eigenvalue weighted by Crippen LogP contribution is 2.28. The fourth-order valence-corrected chi connectivity index (χ4v) is 1.59. The van der Waals surface area contributed by atoms with Crippen molar-refractivity contribution in [1.82, 2.24) is 5.32 Å². The second kappa shape index (κ2) is 8.43. The van der Waals surface area contributed by atoms with Crippen LogP contribution in [0, 0.1) is 5.92 Å². The van der Waals surface area contributed by atoms with Crippen LogP contribution in [0.5, 0.6) is 11.5 Å². The number of methoxy groups -OCH3 is 1. The van der Waals surface area contributed by atoms with Crippen molar-refractivity contribution in [2.75, 3.05) is 26.8 Å². The number of ether oxygens (including phenoxy) is 2. The van der Waals surface area contributed by atoms with E-state index >= 15 is 0 Å². The molecule has 0 aromatic heterocycles. The molecule has 0 radical (unpaired) electrons. The van der Waals surface area contributed by atoms with Crippen molar-refractivity contribution < 1.29 is 14.3 Å². The van der Waals surface area contributed by atoms with Crippen LogP contribution in [-0.4, -0.2) is 32.7 Å². The number of carbonyl (C=O) groups excluding carboxylic acids is 1. The van der Waals surface area contributed by atoms with Gasteiger partial charge in [0.15, 0.2) is 11.5 Å². The molecular weight excluding hydrogens is 256 g/mol. The van der Waals surface area contributed by atoms with E-state index in [1.54, 1.807) is 25.3 Å². The summed E-state index contributed by atoms with van der Waals surface area (Å²) < 4.78 is 10.9. The van der Waals surface area contributed by atoms with E-state index < -0.39 is 0 Å². The molecule has 0 unspecified atom stereocenters. The number of hydrogen-bond donors (Lipinski definition) is 2. The van der Waals surface area contributed by atoms with E-state index in [1.165, 1.54) is 0 Å². The monoisotopic (exact) mass is 280 g/mol. The zero-order valence-electron chi connectivity index (χ0n) is 12.4. The molecule has 1 aromatic rings. The van der Waals surface area contributed by atoms with E-state index in [1.807, 2.05) is 0 Å². The van der Waals surface area contributed by atoms with Crippen LogP contribution in [0.2, 0.25) is 0 Å². The molecule has 5 heteroatoms. The van der Waals surface area contributed by atoms with Gasteiger partial charge in [0.2, 0.25) is 0 Å². The molecule has 1 rings (SSSR count). The second-order valence-electron chi connectivity index (χ2n) is 4.97. The molecule has 0 atom stereocenters. The lowest BCUT2D eigenvalue weighted by molar-refractivity contribution is 0.0953. The Labute approximate surface area is 120 Å². The van der Waals surface area contributed by atoms with Crippen LogP contribution in [0.4, 0.5) is 0 Å². The molecule has 0 fully saturated rings. The number of rotatable bonds is 8. The summed E-state index contributed by atoms with van der Waals surface area (Å²) in [6, 6.07) is 5.18. The van der Waals surface area contributed by atoms with E-state index in [-0.39, 0.29) is 5.91 Å². The predicted octanol–water partition coefficient (Wildman–Crippen LogP) is 1.81. The van der Waals surface area contributed by atoms with Crippen LogP contribution in [0.3, 0.4) is 0 Å². The van der Waals surface area contributed by atoms with Gasteiger partial charge >= 0.3 is 0 Å². The average Bonchev–Trinajstić information content (AvgIpc) is 2.44. The minimum Gasteiger partial charge on any atom is -0.493 e. The van der Waals surface area contributed by atoms with E-state index in [0.29, 0.717) is 42.7 Å². The van der Waals surface area contributed by atoms with Crippen LogP contribution >= 0.6 is 0 Å². The maximum atomic E-state index is 11.9.